The molecule has 18 unspecified atom stereocenters. The van der Waals surface area contributed by atoms with Gasteiger partial charge in [-0.05, 0) is 418 Å². The van der Waals surface area contributed by atoms with Crippen LogP contribution in [0.2, 0.25) is 74.5 Å². The Bertz CT molecular complexity index is 5640. The van der Waals surface area contributed by atoms with Gasteiger partial charge in [-0.3, -0.25) is 14.7 Å². The predicted octanol–water partition coefficient (Wildman–Crippen LogP) is 33.1. The summed E-state index contributed by atoms with van der Waals surface area (Å²) < 4.78 is 12.4. The summed E-state index contributed by atoms with van der Waals surface area (Å²) >= 11 is 0. The minimum atomic E-state index is -1.87. The monoisotopic (exact) mass is 2040 g/mol. The van der Waals surface area contributed by atoms with Crippen molar-refractivity contribution in [2.75, 3.05) is 53.4 Å². The Hall–Kier alpha value is -4.65. The van der Waals surface area contributed by atoms with Gasteiger partial charge in [0.25, 0.3) is 0 Å². The molecule has 22 rings (SSSR count). The van der Waals surface area contributed by atoms with Gasteiger partial charge < -0.3 is 23.2 Å². The molecule has 0 bridgehead atoms. The lowest BCUT2D eigenvalue weighted by molar-refractivity contribution is 0.119. The van der Waals surface area contributed by atoms with Crippen molar-refractivity contribution >= 4 is 55.2 Å². The number of rotatable bonds is 15. The maximum Gasteiger partial charge on any atom is 0.127 e. The number of benzene rings is 4. The zero-order valence-electron chi connectivity index (χ0n) is 99.6. The third-order valence-electron chi connectivity index (χ3n) is 43.3. The van der Waals surface area contributed by atoms with Crippen LogP contribution in [0, 0.1) is 59.2 Å². The molecule has 4 aromatic carbocycles. The summed E-state index contributed by atoms with van der Waals surface area (Å²) in [5, 5.41) is 0. The summed E-state index contributed by atoms with van der Waals surface area (Å²) in [5.74, 6) is 6.65. The van der Waals surface area contributed by atoms with Gasteiger partial charge in [0.15, 0.2) is 0 Å². The summed E-state index contributed by atoms with van der Waals surface area (Å²) in [5.41, 5.74) is 29.4. The van der Waals surface area contributed by atoms with Crippen molar-refractivity contribution in [1.82, 2.24) is 37.9 Å². The van der Waals surface area contributed by atoms with E-state index in [0.29, 0.717) is 71.4 Å². The summed E-state index contributed by atoms with van der Waals surface area (Å²) in [6, 6.07) is 42.1. The molecular weight excluding hydrogens is 1830 g/mol. The van der Waals surface area contributed by atoms with Crippen LogP contribution >= 0.6 is 0 Å². The summed E-state index contributed by atoms with van der Waals surface area (Å²) in [4.78, 5) is 11.3. The highest BCUT2D eigenvalue weighted by Gasteiger charge is 2.66. The molecule has 15 aliphatic carbocycles. The van der Waals surface area contributed by atoms with Gasteiger partial charge in [-0.15, -0.1) is 0 Å². The highest BCUT2D eigenvalue weighted by Crippen LogP contribution is 2.69. The zero-order chi connectivity index (χ0) is 105. The van der Waals surface area contributed by atoms with E-state index in [2.05, 4.69) is 423 Å². The van der Waals surface area contributed by atoms with Gasteiger partial charge in [0.2, 0.25) is 0 Å². The van der Waals surface area contributed by atoms with E-state index in [4.69, 9.17) is 0 Å². The first-order chi connectivity index (χ1) is 68.4. The quantitative estimate of drug-likeness (QED) is 0.109. The maximum atomic E-state index is 3.16. The van der Waals surface area contributed by atoms with E-state index in [9.17, 15) is 0 Å². The molecule has 7 saturated carbocycles. The molecule has 12 heteroatoms. The van der Waals surface area contributed by atoms with Crippen LogP contribution in [0.3, 0.4) is 0 Å². The Balaban J connectivity index is 0.000000123. The number of allylic oxidation sites excluding steroid dienone is 12. The number of hydrogen-bond donors (Lipinski definition) is 0. The van der Waals surface area contributed by atoms with E-state index in [1.807, 2.05) is 0 Å². The lowest BCUT2D eigenvalue weighted by Crippen LogP contribution is -2.67. The Morgan fingerprint density at radius 3 is 0.856 bits per heavy atom. The van der Waals surface area contributed by atoms with E-state index in [0.717, 1.165) is 52.2 Å². The molecule has 3 aliphatic heterocycles. The van der Waals surface area contributed by atoms with E-state index in [-0.39, 0.29) is 49.4 Å². The van der Waals surface area contributed by atoms with Gasteiger partial charge in [0, 0.05) is 91.6 Å². The number of likely N-dealkylation sites (tertiary alicyclic amines) is 3. The van der Waals surface area contributed by atoms with Crippen molar-refractivity contribution in [3.05, 3.63) is 212 Å². The van der Waals surface area contributed by atoms with Gasteiger partial charge in [0.05, 0.1) is 0 Å². The van der Waals surface area contributed by atoms with Crippen molar-refractivity contribution in [2.24, 2.45) is 59.2 Å². The van der Waals surface area contributed by atoms with Crippen molar-refractivity contribution in [1.29, 1.82) is 0 Å². The molecule has 3 heterocycles. The topological polar surface area (TPSA) is 25.9 Å². The minimum absolute atomic E-state index is 0.0973. The standard InChI is InChI=1S/C35H54N2Si.C34H52N2Si.C33H52N2Si.C32H50N2Si/c1-24-32(36-20-14-15-21-36)28-23-31-27(26-18-12-13-19-30(26)35(31,5)6)22-29(28)33(24)38(7,8)37(34(2,3)4)25-16-10-9-11-17-25;1-33(2,3)36(24-15-9-8-10-16-24)37(6,7)32-23-31(35-19-13-14-20-35)27-22-30-26(21-28(27)32)25-17-11-12-18-29(25)34(30,4)5;1-22-29(34-18-14-15-19-34)25-21-28-24(23-16-12-13-17-27(23)33(28,8)9)20-26(25)30(22)36(10,11)35(31(2,3)4)32(5,6)7;1-31(2,3)34(22-15-11-10-12-16-22)35(8,9)30-21-29(33(6)7)25-20-28-24(19-26(25)30)23-17-13-14-18-27(23)32(28,4)5/h12-13,18-19,22-25,28-29,32-33H,9-11,14-17,20-21H2,1-8H3;11-12,17-18,21-22,24,27-28,31-32H,8-10,13-16,19-20,23H2,1-7H3;12-13,16-17,20-22,25-26,29-30H,14-15,18-19H2,1-11H3;13-14,17-20,22,25-26,29-30H,10-12,15-16,21H2,1-9H3. The smallest absolute Gasteiger partial charge is 0.127 e. The second kappa shape index (κ2) is 39.9. The van der Waals surface area contributed by atoms with Gasteiger partial charge in [-0.25, -0.2) is 0 Å². The fraction of sp³-hybridized carbons (Fsp3) is 0.701. The van der Waals surface area contributed by atoms with Crippen LogP contribution in [0.15, 0.2) is 168 Å². The zero-order valence-corrected chi connectivity index (χ0v) is 104. The second-order valence-electron chi connectivity index (χ2n) is 60.5. The molecular formula is C134H208N8Si4. The number of hydrogen-bond acceptors (Lipinski definition) is 8. The van der Waals surface area contributed by atoms with Crippen LogP contribution in [-0.4, -0.2) is 194 Å². The van der Waals surface area contributed by atoms with E-state index in [1.165, 1.54) is 231 Å². The molecule has 10 fully saturated rings. The first-order valence-electron chi connectivity index (χ1n) is 60.6. The average molecular weight is 2040 g/mol. The summed E-state index contributed by atoms with van der Waals surface area (Å²) in [6.07, 6.45) is 54.8. The molecule has 0 amide bonds. The Morgan fingerprint density at radius 1 is 0.281 bits per heavy atom. The van der Waals surface area contributed by atoms with Crippen LogP contribution in [0.5, 0.6) is 0 Å². The number of nitrogens with zero attached hydrogens (tertiary/aromatic N) is 8. The molecule has 18 atom stereocenters. The Kier molecular flexibility index (Phi) is 30.0. The first kappa shape index (κ1) is 110. The average Bonchev–Trinajstić information content (AvgIpc) is 1.52. The third-order valence-corrected chi connectivity index (χ3v) is 62.6. The van der Waals surface area contributed by atoms with Crippen molar-refractivity contribution in [3.63, 3.8) is 0 Å². The minimum Gasteiger partial charge on any atom is -0.316 e. The normalized spacial score (nSPS) is 32.2. The molecule has 3 saturated heterocycles. The van der Waals surface area contributed by atoms with Crippen molar-refractivity contribution in [3.8, 4) is 0 Å². The van der Waals surface area contributed by atoms with Crippen molar-refractivity contribution in [2.45, 2.75) is 487 Å². The molecule has 8 nitrogen and oxygen atoms in total. The fourth-order valence-electron chi connectivity index (χ4n) is 39.8. The summed E-state index contributed by atoms with van der Waals surface area (Å²) in [7, 11) is -2.56. The van der Waals surface area contributed by atoms with E-state index >= 15 is 0 Å². The van der Waals surface area contributed by atoms with Gasteiger partial charge in [-0.2, -0.15) is 0 Å². The van der Waals surface area contributed by atoms with Crippen LogP contribution in [0.1, 0.15) is 365 Å². The van der Waals surface area contributed by atoms with Crippen LogP contribution in [-0.2, 0) is 21.7 Å². The van der Waals surface area contributed by atoms with Crippen LogP contribution in [0.4, 0.5) is 0 Å². The first-order valence-corrected chi connectivity index (χ1v) is 72.7. The van der Waals surface area contributed by atoms with E-state index in [1.54, 1.807) is 44.6 Å². The summed E-state index contributed by atoms with van der Waals surface area (Å²) in [6.45, 7) is 92.2. The van der Waals surface area contributed by atoms with Crippen LogP contribution in [0.25, 0.3) is 22.3 Å². The lowest BCUT2D eigenvalue weighted by atomic mass is 9.75. The second-order valence-corrected chi connectivity index (χ2v) is 78.4. The highest BCUT2D eigenvalue weighted by molar-refractivity contribution is 6.78. The molecule has 4 aromatic rings. The molecule has 146 heavy (non-hydrogen) atoms. The molecule has 0 radical (unpaired) electrons. The predicted molar refractivity (Wildman–Crippen MR) is 641 cm³/mol. The molecule has 18 aliphatic rings. The van der Waals surface area contributed by atoms with Crippen molar-refractivity contribution < 1.29 is 0 Å². The molecule has 0 N–H and O–H groups in total. The number of fused-ring (bicyclic) bond motifs is 16. The maximum absolute atomic E-state index is 3.16. The Labute approximate surface area is 898 Å². The fourth-order valence-corrected chi connectivity index (χ4v) is 63.0. The largest absolute Gasteiger partial charge is 0.316 e. The Morgan fingerprint density at radius 2 is 0.548 bits per heavy atom. The third kappa shape index (κ3) is 19.0. The highest BCUT2D eigenvalue weighted by atomic mass is 28.3. The van der Waals surface area contributed by atoms with Gasteiger partial charge in [-0.1, -0.05) is 325 Å². The lowest BCUT2D eigenvalue weighted by Gasteiger charge is -2.57. The molecule has 0 spiro atoms. The molecule has 800 valence electrons. The molecule has 0 aromatic heterocycles. The van der Waals surface area contributed by atoms with E-state index < -0.39 is 32.9 Å². The van der Waals surface area contributed by atoms with Gasteiger partial charge in [0.1, 0.15) is 32.9 Å². The van der Waals surface area contributed by atoms with Gasteiger partial charge >= 0.3 is 0 Å². The SMILES string of the molecule is CC1(C)C2=CC3C(C=C2c2ccccc21)C([Si](C)(C)N(C1CCCCC1)C(C)(C)C)CC3N1CCCC1.CC1C(N2CCCC2)C2C=C3C(=CC2C1[Si](C)(C)N(C(C)(C)C)C(C)(C)C)c1ccccc1C3(C)C.CC1C(N2CCCC2)C2C=C3C(=CC2C1[Si](C)(C)N(C1CCCCC1)C(C)(C)C)c1ccccc1C3(C)C.CN(C)C1CC([Si](C)(C)N(C2CCCCC2)C(C)(C)C)C2C=C3C(=CC21)C(C)(C)c1ccccc13. The van der Waals surface area contributed by atoms with Crippen LogP contribution < -0.4 is 0 Å².